The zero-order chi connectivity index (χ0) is 10.6. The molecule has 1 aromatic rings. The molecule has 0 atom stereocenters. The van der Waals surface area contributed by atoms with Gasteiger partial charge in [-0.2, -0.15) is 0 Å². The van der Waals surface area contributed by atoms with Gasteiger partial charge in [0.1, 0.15) is 10.4 Å². The highest BCUT2D eigenvalue weighted by atomic mass is 28.3. The molecule has 0 heterocycles. The highest BCUT2D eigenvalue weighted by Crippen LogP contribution is 2.12. The highest BCUT2D eigenvalue weighted by molar-refractivity contribution is 6.81. The molecule has 0 unspecified atom stereocenters. The fourth-order valence-corrected chi connectivity index (χ4v) is 2.50. The first-order valence-corrected chi connectivity index (χ1v) is 9.43. The molecule has 0 bridgehead atoms. The lowest BCUT2D eigenvalue weighted by Crippen LogP contribution is -2.19. The first-order valence-electron chi connectivity index (χ1n) is 4.96. The van der Waals surface area contributed by atoms with Crippen LogP contribution in [0.1, 0.15) is 0 Å². The van der Waals surface area contributed by atoms with Gasteiger partial charge in [-0.1, -0.05) is 43.5 Å². The summed E-state index contributed by atoms with van der Waals surface area (Å²) >= 11 is 0. The molecule has 0 fully saturated rings. The Bertz CT molecular complexity index is 301. The minimum atomic E-state index is -1.05. The van der Waals surface area contributed by atoms with Gasteiger partial charge in [-0.15, -0.1) is 0 Å². The third-order valence-electron chi connectivity index (χ3n) is 1.96. The molecule has 0 aromatic heterocycles. The van der Waals surface area contributed by atoms with E-state index >= 15 is 0 Å². The van der Waals surface area contributed by atoms with Crippen molar-refractivity contribution in [1.82, 2.24) is 0 Å². The van der Waals surface area contributed by atoms with E-state index in [9.17, 15) is 0 Å². The Morgan fingerprint density at radius 3 is 2.21 bits per heavy atom. The monoisotopic (exact) mass is 221 g/mol. The van der Waals surface area contributed by atoms with Crippen molar-refractivity contribution in [3.63, 3.8) is 0 Å². The van der Waals surface area contributed by atoms with Gasteiger partial charge >= 0.3 is 0 Å². The van der Waals surface area contributed by atoms with E-state index in [2.05, 4.69) is 66.4 Å². The molecule has 0 aliphatic carbocycles. The summed E-state index contributed by atoms with van der Waals surface area (Å²) in [5.41, 5.74) is 3.68. The zero-order valence-electron chi connectivity index (χ0n) is 9.49. The molecule has 0 saturated carbocycles. The number of nitrogens with zero attached hydrogens (tertiary/aromatic N) is 1. The summed E-state index contributed by atoms with van der Waals surface area (Å²) in [5, 5.41) is 0. The van der Waals surface area contributed by atoms with E-state index in [4.69, 9.17) is 0 Å². The molecular formula is C11H19NSi2. The Labute approximate surface area is 91.0 Å². The summed E-state index contributed by atoms with van der Waals surface area (Å²) in [6.45, 7) is 7.05. The summed E-state index contributed by atoms with van der Waals surface area (Å²) in [6, 6.07) is 10.5. The lowest BCUT2D eigenvalue weighted by atomic mass is 10.3. The molecule has 0 N–H and O–H groups in total. The molecule has 0 saturated heterocycles. The van der Waals surface area contributed by atoms with Crippen LogP contribution in [0.25, 0.3) is 0 Å². The SMILES string of the molecule is C[Si](C)(C)C=CN([SiH3])c1ccccc1. The minimum Gasteiger partial charge on any atom is -0.384 e. The second kappa shape index (κ2) is 4.62. The van der Waals surface area contributed by atoms with Crippen LogP contribution in [0.2, 0.25) is 19.6 Å². The van der Waals surface area contributed by atoms with Gasteiger partial charge in [0.05, 0.1) is 8.07 Å². The van der Waals surface area contributed by atoms with Crippen molar-refractivity contribution >= 4 is 24.2 Å². The van der Waals surface area contributed by atoms with Crippen LogP contribution in [0, 0.1) is 0 Å². The minimum absolute atomic E-state index is 1.04. The molecular weight excluding hydrogens is 202 g/mol. The smallest absolute Gasteiger partial charge is 0.113 e. The largest absolute Gasteiger partial charge is 0.384 e. The van der Waals surface area contributed by atoms with Crippen LogP contribution in [0.5, 0.6) is 0 Å². The van der Waals surface area contributed by atoms with E-state index in [1.165, 1.54) is 5.69 Å². The van der Waals surface area contributed by atoms with E-state index in [0.29, 0.717) is 0 Å². The quantitative estimate of drug-likeness (QED) is 0.707. The standard InChI is InChI=1S/C11H19NSi2/c1-14(2,3)10-9-12(13)11-7-5-4-6-8-11/h4-10H,1-3,13H3. The Hall–Kier alpha value is -0.806. The number of rotatable bonds is 3. The van der Waals surface area contributed by atoms with Crippen molar-refractivity contribution in [2.24, 2.45) is 0 Å². The van der Waals surface area contributed by atoms with Gasteiger partial charge in [0.15, 0.2) is 0 Å². The highest BCUT2D eigenvalue weighted by Gasteiger charge is 2.07. The van der Waals surface area contributed by atoms with E-state index in [0.717, 1.165) is 10.4 Å². The lowest BCUT2D eigenvalue weighted by molar-refractivity contribution is 1.43. The van der Waals surface area contributed by atoms with Crippen LogP contribution in [-0.2, 0) is 0 Å². The van der Waals surface area contributed by atoms with Gasteiger partial charge in [0, 0.05) is 5.69 Å². The van der Waals surface area contributed by atoms with Gasteiger partial charge in [-0.05, 0) is 18.3 Å². The maximum atomic E-state index is 2.38. The third-order valence-corrected chi connectivity index (χ3v) is 3.93. The second-order valence-electron chi connectivity index (χ2n) is 4.63. The van der Waals surface area contributed by atoms with Crippen molar-refractivity contribution in [1.29, 1.82) is 0 Å². The molecule has 14 heavy (non-hydrogen) atoms. The molecule has 0 amide bonds. The van der Waals surface area contributed by atoms with Crippen LogP contribution in [0.4, 0.5) is 5.69 Å². The Morgan fingerprint density at radius 2 is 1.71 bits per heavy atom. The maximum absolute atomic E-state index is 2.38. The molecule has 3 heteroatoms. The third kappa shape index (κ3) is 3.93. The number of benzene rings is 1. The first kappa shape index (κ1) is 11.3. The van der Waals surface area contributed by atoms with E-state index in [1.54, 1.807) is 0 Å². The molecule has 0 radical (unpaired) electrons. The Kier molecular flexibility index (Phi) is 3.72. The molecule has 0 aliphatic heterocycles. The molecule has 1 nitrogen and oxygen atoms in total. The predicted octanol–water partition coefficient (Wildman–Crippen LogP) is 2.16. The van der Waals surface area contributed by atoms with Gasteiger partial charge < -0.3 is 4.57 Å². The molecule has 0 spiro atoms. The van der Waals surface area contributed by atoms with Crippen LogP contribution in [0.15, 0.2) is 42.2 Å². The molecule has 0 aliphatic rings. The lowest BCUT2D eigenvalue weighted by Gasteiger charge is -2.17. The normalized spacial score (nSPS) is 12.2. The average molecular weight is 221 g/mol. The summed E-state index contributed by atoms with van der Waals surface area (Å²) < 4.78 is 2.30. The van der Waals surface area contributed by atoms with E-state index in [1.807, 2.05) is 0 Å². The Morgan fingerprint density at radius 1 is 1.14 bits per heavy atom. The predicted molar refractivity (Wildman–Crippen MR) is 71.3 cm³/mol. The van der Waals surface area contributed by atoms with Crippen molar-refractivity contribution in [2.75, 3.05) is 4.57 Å². The number of para-hydroxylation sites is 1. The van der Waals surface area contributed by atoms with Crippen molar-refractivity contribution in [3.8, 4) is 0 Å². The summed E-state index contributed by atoms with van der Waals surface area (Å²) in [7, 11) is -0.0141. The van der Waals surface area contributed by atoms with Gasteiger partial charge in [-0.3, -0.25) is 0 Å². The Balaban J connectivity index is 2.69. The summed E-state index contributed by atoms with van der Waals surface area (Å²) in [5.74, 6) is 0. The fraction of sp³-hybridized carbons (Fsp3) is 0.273. The molecule has 1 aromatic carbocycles. The summed E-state index contributed by atoms with van der Waals surface area (Å²) in [6.07, 6.45) is 2.24. The van der Waals surface area contributed by atoms with Gasteiger partial charge in [-0.25, -0.2) is 0 Å². The first-order chi connectivity index (χ1) is 6.49. The van der Waals surface area contributed by atoms with Gasteiger partial charge in [0.2, 0.25) is 0 Å². The number of anilines is 1. The maximum Gasteiger partial charge on any atom is 0.113 e. The molecule has 76 valence electrons. The number of hydrogen-bond donors (Lipinski definition) is 0. The average Bonchev–Trinajstić information content (AvgIpc) is 2.14. The van der Waals surface area contributed by atoms with E-state index in [-0.39, 0.29) is 0 Å². The van der Waals surface area contributed by atoms with E-state index < -0.39 is 8.07 Å². The number of hydrogen-bond acceptors (Lipinski definition) is 1. The molecule has 1 rings (SSSR count). The van der Waals surface area contributed by atoms with Crippen LogP contribution in [-0.4, -0.2) is 18.5 Å². The van der Waals surface area contributed by atoms with Crippen molar-refractivity contribution < 1.29 is 0 Å². The topological polar surface area (TPSA) is 3.24 Å². The van der Waals surface area contributed by atoms with Crippen LogP contribution < -0.4 is 4.57 Å². The second-order valence-corrected chi connectivity index (χ2v) is 10.7. The van der Waals surface area contributed by atoms with Crippen molar-refractivity contribution in [3.05, 3.63) is 42.2 Å². The summed E-state index contributed by atoms with van der Waals surface area (Å²) in [4.78, 5) is 0. The van der Waals surface area contributed by atoms with Crippen LogP contribution >= 0.6 is 0 Å². The zero-order valence-corrected chi connectivity index (χ0v) is 12.5. The van der Waals surface area contributed by atoms with Crippen molar-refractivity contribution in [2.45, 2.75) is 19.6 Å². The van der Waals surface area contributed by atoms with Gasteiger partial charge in [0.25, 0.3) is 0 Å². The fourth-order valence-electron chi connectivity index (χ4n) is 1.08. The van der Waals surface area contributed by atoms with Crippen LogP contribution in [0.3, 0.4) is 0 Å².